The number of piperidine rings is 2. The van der Waals surface area contributed by atoms with Crippen LogP contribution in [0.3, 0.4) is 0 Å². The van der Waals surface area contributed by atoms with Gasteiger partial charge in [0.15, 0.2) is 0 Å². The van der Waals surface area contributed by atoms with Gasteiger partial charge in [0.05, 0.1) is 0 Å². The molecule has 0 amide bonds. The van der Waals surface area contributed by atoms with E-state index in [1.807, 2.05) is 5.01 Å². The number of rotatable bonds is 3. The molecule has 3 heterocycles. The average molecular weight is 407 g/mol. The van der Waals surface area contributed by atoms with Gasteiger partial charge < -0.3 is 4.90 Å². The van der Waals surface area contributed by atoms with E-state index >= 15 is 0 Å². The second kappa shape index (κ2) is 7.88. The molecular formula is C15H30IN5. The topological polar surface area (TPSA) is 39.0 Å². The van der Waals surface area contributed by atoms with Crippen LogP contribution in [0, 0.1) is 5.92 Å². The van der Waals surface area contributed by atoms with Gasteiger partial charge in [0, 0.05) is 87.8 Å². The summed E-state index contributed by atoms with van der Waals surface area (Å²) >= 11 is 2.47. The van der Waals surface area contributed by atoms with Crippen molar-refractivity contribution in [1.82, 2.24) is 17.9 Å². The predicted molar refractivity (Wildman–Crippen MR) is 95.1 cm³/mol. The zero-order valence-electron chi connectivity index (χ0n) is 13.1. The molecule has 0 unspecified atom stereocenters. The van der Waals surface area contributed by atoms with Crippen molar-refractivity contribution in [2.24, 2.45) is 11.8 Å². The van der Waals surface area contributed by atoms with Crippen LogP contribution in [-0.2, 0) is 0 Å². The average Bonchev–Trinajstić information content (AvgIpc) is 2.51. The minimum Gasteiger partial charge on any atom is -0.301 e. The number of hydrogen-bond donors (Lipinski definition) is 1. The summed E-state index contributed by atoms with van der Waals surface area (Å²) in [6.45, 7) is 11.1. The van der Waals surface area contributed by atoms with E-state index in [0.29, 0.717) is 0 Å². The van der Waals surface area contributed by atoms with Crippen LogP contribution in [0.5, 0.6) is 0 Å². The molecule has 0 aromatic carbocycles. The maximum Gasteiger partial charge on any atom is 0.0201 e. The lowest BCUT2D eigenvalue weighted by Crippen LogP contribution is -2.53. The molecule has 0 aliphatic carbocycles. The van der Waals surface area contributed by atoms with Crippen LogP contribution in [0.4, 0.5) is 0 Å². The van der Waals surface area contributed by atoms with Crippen molar-refractivity contribution < 1.29 is 0 Å². The molecule has 6 heteroatoms. The van der Waals surface area contributed by atoms with Crippen molar-refractivity contribution in [3.63, 3.8) is 0 Å². The van der Waals surface area contributed by atoms with Gasteiger partial charge in [0.2, 0.25) is 0 Å². The van der Waals surface area contributed by atoms with Gasteiger partial charge in [-0.05, 0) is 31.6 Å². The summed E-state index contributed by atoms with van der Waals surface area (Å²) < 4.78 is 2.44. The molecule has 2 N–H and O–H groups in total. The van der Waals surface area contributed by atoms with E-state index in [1.165, 1.54) is 71.5 Å². The van der Waals surface area contributed by atoms with Gasteiger partial charge in [-0.25, -0.2) is 8.12 Å². The molecule has 3 aliphatic rings. The zero-order valence-corrected chi connectivity index (χ0v) is 15.2. The fourth-order valence-electron chi connectivity index (χ4n) is 4.01. The second-order valence-electron chi connectivity index (χ2n) is 6.96. The van der Waals surface area contributed by atoms with Gasteiger partial charge in [-0.15, -0.1) is 0 Å². The summed E-state index contributed by atoms with van der Waals surface area (Å²) in [7, 11) is 0. The Morgan fingerprint density at radius 3 is 2.05 bits per heavy atom. The molecule has 0 radical (unpaired) electrons. The Balaban J connectivity index is 1.37. The molecule has 0 saturated carbocycles. The molecule has 3 rings (SSSR count). The summed E-state index contributed by atoms with van der Waals surface area (Å²) in [4.78, 5) is 5.45. The summed E-state index contributed by atoms with van der Waals surface area (Å²) in [6, 6.07) is 0.846. The van der Waals surface area contributed by atoms with E-state index in [2.05, 4.69) is 35.8 Å². The van der Waals surface area contributed by atoms with Crippen LogP contribution in [0.15, 0.2) is 0 Å². The molecule has 5 nitrogen and oxygen atoms in total. The molecule has 3 aliphatic heterocycles. The first kappa shape index (κ1) is 16.4. The van der Waals surface area contributed by atoms with Crippen LogP contribution in [0.2, 0.25) is 0 Å². The Kier molecular flexibility index (Phi) is 6.15. The third-order valence-electron chi connectivity index (χ3n) is 5.50. The lowest BCUT2D eigenvalue weighted by Gasteiger charge is -2.43. The number of halogens is 1. The zero-order chi connectivity index (χ0) is 14.7. The van der Waals surface area contributed by atoms with Crippen LogP contribution < -0.4 is 5.84 Å². The van der Waals surface area contributed by atoms with E-state index in [-0.39, 0.29) is 0 Å². The van der Waals surface area contributed by atoms with E-state index in [9.17, 15) is 0 Å². The standard InChI is InChI=1S/C15H30IN5/c16-20-5-3-15(4-6-20)19-11-9-18(10-12-19)13-14-1-7-21(17)8-2-14/h14-15H,1-13,17H2. The first-order valence-electron chi connectivity index (χ1n) is 8.57. The van der Waals surface area contributed by atoms with E-state index in [4.69, 9.17) is 5.84 Å². The number of piperazine rings is 1. The fraction of sp³-hybridized carbons (Fsp3) is 1.00. The molecule has 122 valence electrons. The van der Waals surface area contributed by atoms with Crippen molar-refractivity contribution in [2.45, 2.75) is 31.7 Å². The highest BCUT2D eigenvalue weighted by molar-refractivity contribution is 14.1. The summed E-state index contributed by atoms with van der Waals surface area (Å²) in [5.41, 5.74) is 0. The molecule has 21 heavy (non-hydrogen) atoms. The van der Waals surface area contributed by atoms with Crippen molar-refractivity contribution >= 4 is 22.9 Å². The summed E-state index contributed by atoms with van der Waals surface area (Å²) in [5.74, 6) is 6.72. The van der Waals surface area contributed by atoms with Gasteiger partial charge in [-0.1, -0.05) is 0 Å². The first-order chi connectivity index (χ1) is 10.2. The normalized spacial score (nSPS) is 30.0. The Morgan fingerprint density at radius 1 is 0.810 bits per heavy atom. The van der Waals surface area contributed by atoms with Crippen LogP contribution in [-0.4, -0.2) is 82.9 Å². The SMILES string of the molecule is NN1CCC(CN2CCN(C3CCN(I)CC3)CC2)CC1. The summed E-state index contributed by atoms with van der Waals surface area (Å²) in [5, 5.41) is 1.98. The lowest BCUT2D eigenvalue weighted by atomic mass is 9.96. The summed E-state index contributed by atoms with van der Waals surface area (Å²) in [6.07, 6.45) is 5.28. The minimum atomic E-state index is 0.846. The second-order valence-corrected chi connectivity index (χ2v) is 8.32. The monoisotopic (exact) mass is 407 g/mol. The molecule has 0 atom stereocenters. The number of hydrazine groups is 1. The highest BCUT2D eigenvalue weighted by Crippen LogP contribution is 2.22. The smallest absolute Gasteiger partial charge is 0.0201 e. The molecule has 0 aromatic heterocycles. The maximum absolute atomic E-state index is 5.85. The first-order valence-corrected chi connectivity index (χ1v) is 9.54. The van der Waals surface area contributed by atoms with Crippen molar-refractivity contribution in [1.29, 1.82) is 0 Å². The lowest BCUT2D eigenvalue weighted by molar-refractivity contribution is 0.0592. The molecular weight excluding hydrogens is 377 g/mol. The quantitative estimate of drug-likeness (QED) is 0.430. The molecule has 0 bridgehead atoms. The minimum absolute atomic E-state index is 0.846. The number of hydrogen-bond acceptors (Lipinski definition) is 5. The van der Waals surface area contributed by atoms with Gasteiger partial charge in [-0.3, -0.25) is 10.7 Å². The Hall–Kier alpha value is 0.530. The van der Waals surface area contributed by atoms with Crippen molar-refractivity contribution in [2.75, 3.05) is 58.9 Å². The predicted octanol–water partition coefficient (Wildman–Crippen LogP) is 1.00. The van der Waals surface area contributed by atoms with Gasteiger partial charge in [0.25, 0.3) is 0 Å². The van der Waals surface area contributed by atoms with Crippen LogP contribution in [0.1, 0.15) is 25.7 Å². The molecule has 0 spiro atoms. The largest absolute Gasteiger partial charge is 0.301 e. The van der Waals surface area contributed by atoms with Crippen molar-refractivity contribution in [3.8, 4) is 0 Å². The highest BCUT2D eigenvalue weighted by Gasteiger charge is 2.28. The van der Waals surface area contributed by atoms with E-state index in [0.717, 1.165) is 25.0 Å². The van der Waals surface area contributed by atoms with E-state index < -0.39 is 0 Å². The van der Waals surface area contributed by atoms with Gasteiger partial charge >= 0.3 is 0 Å². The Morgan fingerprint density at radius 2 is 1.43 bits per heavy atom. The van der Waals surface area contributed by atoms with Crippen LogP contribution in [0.25, 0.3) is 0 Å². The Labute approximate surface area is 143 Å². The Bertz CT molecular complexity index is 305. The fourth-order valence-corrected chi connectivity index (χ4v) is 4.57. The van der Waals surface area contributed by atoms with Gasteiger partial charge in [-0.2, -0.15) is 0 Å². The van der Waals surface area contributed by atoms with E-state index in [1.54, 1.807) is 0 Å². The molecule has 3 saturated heterocycles. The third-order valence-corrected chi connectivity index (χ3v) is 6.46. The number of nitrogens with zero attached hydrogens (tertiary/aromatic N) is 4. The molecule has 3 fully saturated rings. The maximum atomic E-state index is 5.85. The number of nitrogens with two attached hydrogens (primary N) is 1. The van der Waals surface area contributed by atoms with Crippen LogP contribution >= 0.6 is 22.9 Å². The molecule has 0 aromatic rings. The van der Waals surface area contributed by atoms with Gasteiger partial charge in [0.1, 0.15) is 0 Å². The third kappa shape index (κ3) is 4.75. The van der Waals surface area contributed by atoms with Crippen molar-refractivity contribution in [3.05, 3.63) is 0 Å². The highest BCUT2D eigenvalue weighted by atomic mass is 127.